The van der Waals surface area contributed by atoms with Crippen LogP contribution in [-0.4, -0.2) is 14.9 Å². The number of aliphatic hydroxyl groups excluding tert-OH is 1. The van der Waals surface area contributed by atoms with Gasteiger partial charge in [0.1, 0.15) is 0 Å². The van der Waals surface area contributed by atoms with E-state index in [4.69, 9.17) is 0 Å². The van der Waals surface area contributed by atoms with Crippen molar-refractivity contribution in [3.05, 3.63) is 17.5 Å². The van der Waals surface area contributed by atoms with Crippen molar-refractivity contribution in [2.45, 2.75) is 52.1 Å². The fraction of sp³-hybridized carbons (Fsp3) is 0.750. The van der Waals surface area contributed by atoms with E-state index >= 15 is 0 Å². The van der Waals surface area contributed by atoms with Gasteiger partial charge in [-0.05, 0) is 18.9 Å². The summed E-state index contributed by atoms with van der Waals surface area (Å²) in [5, 5.41) is 14.3. The lowest BCUT2D eigenvalue weighted by Crippen LogP contribution is -2.05. The molecule has 0 aliphatic rings. The van der Waals surface area contributed by atoms with Gasteiger partial charge in [-0.1, -0.05) is 33.1 Å². The Labute approximate surface area is 92.1 Å². The van der Waals surface area contributed by atoms with E-state index in [1.807, 2.05) is 13.1 Å². The van der Waals surface area contributed by atoms with Crippen LogP contribution < -0.4 is 0 Å². The fourth-order valence-corrected chi connectivity index (χ4v) is 1.76. The van der Waals surface area contributed by atoms with Gasteiger partial charge >= 0.3 is 0 Å². The topological polar surface area (TPSA) is 38.1 Å². The molecule has 1 atom stereocenters. The van der Waals surface area contributed by atoms with E-state index in [0.717, 1.165) is 30.7 Å². The molecule has 0 aromatic carbocycles. The SMILES string of the molecule is CCCCCC(O)c1cc(CC)nn1C. The minimum absolute atomic E-state index is 0.352. The van der Waals surface area contributed by atoms with Crippen LogP contribution in [0.1, 0.15) is 57.0 Å². The molecule has 0 spiro atoms. The molecule has 1 heterocycles. The molecule has 0 amide bonds. The monoisotopic (exact) mass is 210 g/mol. The van der Waals surface area contributed by atoms with E-state index < -0.39 is 0 Å². The van der Waals surface area contributed by atoms with Gasteiger partial charge in [0.05, 0.1) is 17.5 Å². The molecule has 0 saturated heterocycles. The van der Waals surface area contributed by atoms with Crippen molar-refractivity contribution in [2.24, 2.45) is 7.05 Å². The van der Waals surface area contributed by atoms with Crippen molar-refractivity contribution in [3.8, 4) is 0 Å². The number of aliphatic hydroxyl groups is 1. The van der Waals surface area contributed by atoms with E-state index in [-0.39, 0.29) is 6.10 Å². The number of unbranched alkanes of at least 4 members (excludes halogenated alkanes) is 2. The Hall–Kier alpha value is -0.830. The third-order valence-electron chi connectivity index (χ3n) is 2.75. The van der Waals surface area contributed by atoms with Crippen LogP contribution in [0.3, 0.4) is 0 Å². The number of rotatable bonds is 6. The first kappa shape index (κ1) is 12.2. The predicted molar refractivity (Wildman–Crippen MR) is 61.7 cm³/mol. The Morgan fingerprint density at radius 1 is 1.40 bits per heavy atom. The van der Waals surface area contributed by atoms with Gasteiger partial charge in [-0.15, -0.1) is 0 Å². The van der Waals surface area contributed by atoms with E-state index in [0.29, 0.717) is 0 Å². The van der Waals surface area contributed by atoms with E-state index in [2.05, 4.69) is 18.9 Å². The zero-order valence-electron chi connectivity index (χ0n) is 10.0. The van der Waals surface area contributed by atoms with Crippen molar-refractivity contribution in [1.29, 1.82) is 0 Å². The molecule has 1 aromatic rings. The van der Waals surface area contributed by atoms with E-state index in [1.54, 1.807) is 4.68 Å². The molecule has 0 aliphatic heterocycles. The molecule has 1 aromatic heterocycles. The van der Waals surface area contributed by atoms with Gasteiger partial charge in [0.25, 0.3) is 0 Å². The van der Waals surface area contributed by atoms with E-state index in [1.165, 1.54) is 12.8 Å². The largest absolute Gasteiger partial charge is 0.387 e. The molecular formula is C12H22N2O. The molecule has 1 rings (SSSR count). The Bertz CT molecular complexity index is 294. The van der Waals surface area contributed by atoms with Gasteiger partial charge in [0, 0.05) is 7.05 Å². The number of hydrogen-bond acceptors (Lipinski definition) is 2. The smallest absolute Gasteiger partial charge is 0.0956 e. The number of aryl methyl sites for hydroxylation is 2. The lowest BCUT2D eigenvalue weighted by atomic mass is 10.1. The van der Waals surface area contributed by atoms with E-state index in [9.17, 15) is 5.11 Å². The number of aromatic nitrogens is 2. The Morgan fingerprint density at radius 2 is 2.13 bits per heavy atom. The summed E-state index contributed by atoms with van der Waals surface area (Å²) in [6, 6.07) is 2.01. The summed E-state index contributed by atoms with van der Waals surface area (Å²) < 4.78 is 1.80. The third kappa shape index (κ3) is 3.34. The van der Waals surface area contributed by atoms with Crippen LogP contribution in [0.25, 0.3) is 0 Å². The average Bonchev–Trinajstić information content (AvgIpc) is 2.60. The lowest BCUT2D eigenvalue weighted by Gasteiger charge is -2.09. The molecule has 0 bridgehead atoms. The maximum absolute atomic E-state index is 9.98. The molecule has 1 N–H and O–H groups in total. The maximum Gasteiger partial charge on any atom is 0.0956 e. The molecule has 3 heteroatoms. The van der Waals surface area contributed by atoms with Gasteiger partial charge in [-0.2, -0.15) is 5.10 Å². The Kier molecular flexibility index (Phi) is 4.82. The number of hydrogen-bond donors (Lipinski definition) is 1. The zero-order valence-corrected chi connectivity index (χ0v) is 10.0. The molecule has 15 heavy (non-hydrogen) atoms. The highest BCUT2D eigenvalue weighted by molar-refractivity contribution is 5.12. The average molecular weight is 210 g/mol. The zero-order chi connectivity index (χ0) is 11.3. The lowest BCUT2D eigenvalue weighted by molar-refractivity contribution is 0.154. The second-order valence-electron chi connectivity index (χ2n) is 4.05. The van der Waals surface area contributed by atoms with Crippen LogP contribution in [0.5, 0.6) is 0 Å². The normalized spacial score (nSPS) is 13.1. The summed E-state index contributed by atoms with van der Waals surface area (Å²) in [4.78, 5) is 0. The molecule has 0 radical (unpaired) electrons. The summed E-state index contributed by atoms with van der Waals surface area (Å²) >= 11 is 0. The van der Waals surface area contributed by atoms with Gasteiger partial charge in [0.15, 0.2) is 0 Å². The van der Waals surface area contributed by atoms with Crippen LogP contribution in [0.4, 0.5) is 0 Å². The minimum atomic E-state index is -0.352. The summed E-state index contributed by atoms with van der Waals surface area (Å²) in [6.45, 7) is 4.25. The summed E-state index contributed by atoms with van der Waals surface area (Å²) in [7, 11) is 1.90. The first-order chi connectivity index (χ1) is 7.19. The molecular weight excluding hydrogens is 188 g/mol. The van der Waals surface area contributed by atoms with Crippen molar-refractivity contribution < 1.29 is 5.11 Å². The third-order valence-corrected chi connectivity index (χ3v) is 2.75. The van der Waals surface area contributed by atoms with Crippen molar-refractivity contribution >= 4 is 0 Å². The summed E-state index contributed by atoms with van der Waals surface area (Å²) in [5.41, 5.74) is 2.00. The van der Waals surface area contributed by atoms with Crippen LogP contribution >= 0.6 is 0 Å². The molecule has 1 unspecified atom stereocenters. The quantitative estimate of drug-likeness (QED) is 0.733. The van der Waals surface area contributed by atoms with Crippen molar-refractivity contribution in [3.63, 3.8) is 0 Å². The van der Waals surface area contributed by atoms with Gasteiger partial charge < -0.3 is 5.11 Å². The molecule has 0 saturated carbocycles. The van der Waals surface area contributed by atoms with Gasteiger partial charge in [-0.25, -0.2) is 0 Å². The molecule has 0 fully saturated rings. The van der Waals surface area contributed by atoms with Crippen LogP contribution in [0, 0.1) is 0 Å². The first-order valence-corrected chi connectivity index (χ1v) is 5.89. The van der Waals surface area contributed by atoms with Gasteiger partial charge in [0.2, 0.25) is 0 Å². The minimum Gasteiger partial charge on any atom is -0.387 e. The Morgan fingerprint density at radius 3 is 2.67 bits per heavy atom. The maximum atomic E-state index is 9.98. The van der Waals surface area contributed by atoms with Crippen LogP contribution in [0.2, 0.25) is 0 Å². The molecule has 86 valence electrons. The second kappa shape index (κ2) is 5.91. The summed E-state index contributed by atoms with van der Waals surface area (Å²) in [6.07, 6.45) is 4.89. The highest BCUT2D eigenvalue weighted by Gasteiger charge is 2.12. The summed E-state index contributed by atoms with van der Waals surface area (Å²) in [5.74, 6) is 0. The number of nitrogens with zero attached hydrogens (tertiary/aromatic N) is 2. The van der Waals surface area contributed by atoms with Crippen LogP contribution in [0.15, 0.2) is 6.07 Å². The van der Waals surface area contributed by atoms with Crippen LogP contribution in [-0.2, 0) is 13.5 Å². The standard InChI is InChI=1S/C12H22N2O/c1-4-6-7-8-12(15)11-9-10(5-2)13-14(11)3/h9,12,15H,4-8H2,1-3H3. The van der Waals surface area contributed by atoms with Crippen molar-refractivity contribution in [1.82, 2.24) is 9.78 Å². The second-order valence-corrected chi connectivity index (χ2v) is 4.05. The van der Waals surface area contributed by atoms with Crippen molar-refractivity contribution in [2.75, 3.05) is 0 Å². The predicted octanol–water partition coefficient (Wildman–Crippen LogP) is 2.60. The first-order valence-electron chi connectivity index (χ1n) is 5.89. The Balaban J connectivity index is 2.56. The highest BCUT2D eigenvalue weighted by atomic mass is 16.3. The molecule has 0 aliphatic carbocycles. The highest BCUT2D eigenvalue weighted by Crippen LogP contribution is 2.20. The fourth-order valence-electron chi connectivity index (χ4n) is 1.76. The molecule has 3 nitrogen and oxygen atoms in total. The van der Waals surface area contributed by atoms with Gasteiger partial charge in [-0.3, -0.25) is 4.68 Å².